The number of rotatable bonds is 5. The lowest BCUT2D eigenvalue weighted by molar-refractivity contribution is -0.122. The fourth-order valence-electron chi connectivity index (χ4n) is 3.70. The third-order valence-electron chi connectivity index (χ3n) is 5.50. The molecule has 2 aromatic carbocycles. The first-order valence-corrected chi connectivity index (χ1v) is 11.9. The van der Waals surface area contributed by atoms with E-state index in [1.807, 2.05) is 13.0 Å². The topological polar surface area (TPSA) is 130 Å². The van der Waals surface area contributed by atoms with Crippen LogP contribution in [0.15, 0.2) is 58.5 Å². The van der Waals surface area contributed by atoms with E-state index in [4.69, 9.17) is 0 Å². The molecule has 1 aliphatic heterocycles. The third-order valence-corrected chi connectivity index (χ3v) is 7.42. The van der Waals surface area contributed by atoms with Gasteiger partial charge in [0.2, 0.25) is 10.0 Å². The predicted octanol–water partition coefficient (Wildman–Crippen LogP) is 0.951. The number of hydrogen-bond donors (Lipinski definition) is 2. The van der Waals surface area contributed by atoms with Crippen LogP contribution in [0.2, 0.25) is 0 Å². The van der Waals surface area contributed by atoms with Crippen LogP contribution >= 0.6 is 0 Å². The normalized spacial score (nSPS) is 14.3. The van der Waals surface area contributed by atoms with Gasteiger partial charge in [0.05, 0.1) is 22.1 Å². The summed E-state index contributed by atoms with van der Waals surface area (Å²) < 4.78 is 27.7. The average Bonchev–Trinajstić information content (AvgIpc) is 3.36. The van der Waals surface area contributed by atoms with E-state index in [9.17, 15) is 22.8 Å². The largest absolute Gasteiger partial charge is 0.289 e. The minimum absolute atomic E-state index is 0.114. The fourth-order valence-corrected chi connectivity index (χ4v) is 5.22. The van der Waals surface area contributed by atoms with E-state index in [1.54, 1.807) is 12.1 Å². The van der Waals surface area contributed by atoms with Crippen LogP contribution in [-0.4, -0.2) is 47.2 Å². The van der Waals surface area contributed by atoms with Gasteiger partial charge in [-0.3, -0.25) is 29.8 Å². The van der Waals surface area contributed by atoms with Crippen molar-refractivity contribution in [1.82, 2.24) is 24.7 Å². The lowest BCUT2D eigenvalue weighted by Crippen LogP contribution is -2.44. The Morgan fingerprint density at radius 2 is 1.73 bits per heavy atom. The molecule has 1 aliphatic rings. The van der Waals surface area contributed by atoms with E-state index < -0.39 is 21.8 Å². The summed E-state index contributed by atoms with van der Waals surface area (Å²) >= 11 is 0. The molecule has 1 aromatic heterocycles. The van der Waals surface area contributed by atoms with Crippen molar-refractivity contribution in [1.29, 1.82) is 0 Å². The Balaban J connectivity index is 1.38. The van der Waals surface area contributed by atoms with Gasteiger partial charge in [-0.15, -0.1) is 0 Å². The first-order valence-electron chi connectivity index (χ1n) is 10.4. The van der Waals surface area contributed by atoms with Crippen LogP contribution < -0.4 is 16.4 Å². The number of hydrazine groups is 1. The van der Waals surface area contributed by atoms with E-state index in [-0.39, 0.29) is 22.6 Å². The molecule has 0 atom stereocenters. The number of fused-ring (bicyclic) bond motifs is 1. The third kappa shape index (κ3) is 4.64. The fraction of sp³-hybridized carbons (Fsp3) is 0.273. The molecule has 33 heavy (non-hydrogen) atoms. The van der Waals surface area contributed by atoms with E-state index in [0.29, 0.717) is 24.0 Å². The molecule has 0 unspecified atom stereocenters. The molecule has 0 bridgehead atoms. The quantitative estimate of drug-likeness (QED) is 0.535. The Labute approximate surface area is 190 Å². The van der Waals surface area contributed by atoms with E-state index in [2.05, 4.69) is 15.8 Å². The van der Waals surface area contributed by atoms with E-state index in [1.165, 1.54) is 34.9 Å². The number of para-hydroxylation sites is 1. The summed E-state index contributed by atoms with van der Waals surface area (Å²) in [7, 11) is -3.57. The second-order valence-corrected chi connectivity index (χ2v) is 9.72. The number of carbonyl (C=O) groups is 2. The van der Waals surface area contributed by atoms with Crippen LogP contribution in [0.4, 0.5) is 0 Å². The van der Waals surface area contributed by atoms with Crippen LogP contribution in [0.5, 0.6) is 0 Å². The number of carbonyl (C=O) groups excluding carboxylic acids is 2. The monoisotopic (exact) mass is 469 g/mol. The zero-order valence-electron chi connectivity index (χ0n) is 17.9. The van der Waals surface area contributed by atoms with Crippen LogP contribution in [-0.2, 0) is 21.4 Å². The average molecular weight is 470 g/mol. The van der Waals surface area contributed by atoms with E-state index in [0.717, 1.165) is 23.0 Å². The van der Waals surface area contributed by atoms with Gasteiger partial charge in [0, 0.05) is 18.7 Å². The highest BCUT2D eigenvalue weighted by molar-refractivity contribution is 7.89. The van der Waals surface area contributed by atoms with E-state index >= 15 is 0 Å². The van der Waals surface area contributed by atoms with Gasteiger partial charge in [-0.1, -0.05) is 12.1 Å². The van der Waals surface area contributed by atoms with Gasteiger partial charge in [-0.25, -0.2) is 13.4 Å². The standard InChI is InChI=1S/C22H23N5O5S/c1-15-5-4-6-18-20(15)23-14-26(22(18)30)13-19(28)24-25-21(29)16-7-9-17(10-8-16)33(31,32)27-11-2-3-12-27/h4-10,14H,2-3,11-13H2,1H3,(H,24,28)(H,25,29). The molecule has 0 radical (unpaired) electrons. The highest BCUT2D eigenvalue weighted by Crippen LogP contribution is 2.21. The summed E-state index contributed by atoms with van der Waals surface area (Å²) in [5.41, 5.74) is 5.76. The van der Waals surface area contributed by atoms with Crippen molar-refractivity contribution in [3.8, 4) is 0 Å². The maximum atomic E-state index is 12.6. The van der Waals surface area contributed by atoms with Gasteiger partial charge in [0.15, 0.2) is 0 Å². The number of hydrogen-bond acceptors (Lipinski definition) is 6. The summed E-state index contributed by atoms with van der Waals surface area (Å²) in [6.45, 7) is 2.50. The molecular formula is C22H23N5O5S. The molecule has 3 aromatic rings. The van der Waals surface area contributed by atoms with Crippen molar-refractivity contribution >= 4 is 32.7 Å². The molecule has 2 amide bonds. The van der Waals surface area contributed by atoms with Crippen molar-refractivity contribution in [2.45, 2.75) is 31.2 Å². The van der Waals surface area contributed by atoms with Gasteiger partial charge < -0.3 is 0 Å². The number of amides is 2. The summed E-state index contributed by atoms with van der Waals surface area (Å²) in [6.07, 6.45) is 2.96. The Morgan fingerprint density at radius 1 is 1.03 bits per heavy atom. The molecule has 1 saturated heterocycles. The SMILES string of the molecule is Cc1cccc2c(=O)n(CC(=O)NNC(=O)c3ccc(S(=O)(=O)N4CCCC4)cc3)cnc12. The first-order chi connectivity index (χ1) is 15.8. The molecule has 2 heterocycles. The van der Waals surface area contributed by atoms with Crippen molar-refractivity contribution in [2.75, 3.05) is 13.1 Å². The summed E-state index contributed by atoms with van der Waals surface area (Å²) in [6, 6.07) is 10.7. The zero-order chi connectivity index (χ0) is 23.6. The van der Waals surface area contributed by atoms with Crippen molar-refractivity contribution in [2.24, 2.45) is 0 Å². The van der Waals surface area contributed by atoms with Crippen molar-refractivity contribution in [3.63, 3.8) is 0 Å². The molecule has 0 spiro atoms. The highest BCUT2D eigenvalue weighted by Gasteiger charge is 2.27. The Kier molecular flexibility index (Phi) is 6.25. The summed E-state index contributed by atoms with van der Waals surface area (Å²) in [5.74, 6) is -1.24. The number of nitrogens with one attached hydrogen (secondary N) is 2. The zero-order valence-corrected chi connectivity index (χ0v) is 18.8. The number of nitrogens with zero attached hydrogens (tertiary/aromatic N) is 3. The van der Waals surface area contributed by atoms with Gasteiger partial charge in [-0.05, 0) is 55.7 Å². The van der Waals surface area contributed by atoms with Crippen LogP contribution in [0.1, 0.15) is 28.8 Å². The van der Waals surface area contributed by atoms with Crippen LogP contribution in [0.3, 0.4) is 0 Å². The second kappa shape index (κ2) is 9.12. The molecule has 11 heteroatoms. The maximum Gasteiger partial charge on any atom is 0.269 e. The lowest BCUT2D eigenvalue weighted by Gasteiger charge is -2.15. The minimum Gasteiger partial charge on any atom is -0.289 e. The Bertz CT molecular complexity index is 1380. The smallest absolute Gasteiger partial charge is 0.269 e. The number of aryl methyl sites for hydroxylation is 1. The highest BCUT2D eigenvalue weighted by atomic mass is 32.2. The van der Waals surface area contributed by atoms with Crippen molar-refractivity contribution < 1.29 is 18.0 Å². The van der Waals surface area contributed by atoms with Gasteiger partial charge in [0.25, 0.3) is 17.4 Å². The number of sulfonamides is 1. The molecule has 0 aliphatic carbocycles. The van der Waals surface area contributed by atoms with Gasteiger partial charge in [0.1, 0.15) is 6.54 Å². The van der Waals surface area contributed by atoms with Crippen LogP contribution in [0.25, 0.3) is 10.9 Å². The minimum atomic E-state index is -3.57. The Hall–Kier alpha value is -3.57. The Morgan fingerprint density at radius 3 is 2.42 bits per heavy atom. The molecular weight excluding hydrogens is 446 g/mol. The summed E-state index contributed by atoms with van der Waals surface area (Å²) in [5, 5.41) is 0.401. The van der Waals surface area contributed by atoms with Crippen molar-refractivity contribution in [3.05, 3.63) is 70.3 Å². The van der Waals surface area contributed by atoms with Gasteiger partial charge in [-0.2, -0.15) is 4.31 Å². The van der Waals surface area contributed by atoms with Crippen LogP contribution in [0, 0.1) is 6.92 Å². The maximum absolute atomic E-state index is 12.6. The molecule has 0 saturated carbocycles. The molecule has 1 fully saturated rings. The number of aromatic nitrogens is 2. The predicted molar refractivity (Wildman–Crippen MR) is 121 cm³/mol. The van der Waals surface area contributed by atoms with Gasteiger partial charge >= 0.3 is 0 Å². The molecule has 2 N–H and O–H groups in total. The molecule has 10 nitrogen and oxygen atoms in total. The first kappa shape index (κ1) is 22.6. The molecule has 172 valence electrons. The summed E-state index contributed by atoms with van der Waals surface area (Å²) in [4.78, 5) is 41.5. The second-order valence-electron chi connectivity index (χ2n) is 7.79. The molecule has 4 rings (SSSR count). The lowest BCUT2D eigenvalue weighted by atomic mass is 10.1. The number of benzene rings is 2.